The van der Waals surface area contributed by atoms with Crippen LogP contribution in [0.2, 0.25) is 0 Å². The Morgan fingerprint density at radius 3 is 2.53 bits per heavy atom. The van der Waals surface area contributed by atoms with Crippen LogP contribution in [0.5, 0.6) is 0 Å². The summed E-state index contributed by atoms with van der Waals surface area (Å²) in [4.78, 5) is 14.7. The van der Waals surface area contributed by atoms with Crippen molar-refractivity contribution >= 4 is 5.91 Å². The number of hydrogen-bond donors (Lipinski definition) is 2. The predicted octanol–water partition coefficient (Wildman–Crippen LogP) is 1.75. The molecule has 1 fully saturated rings. The highest BCUT2D eigenvalue weighted by Gasteiger charge is 2.32. The first-order valence-corrected chi connectivity index (χ1v) is 7.82. The first-order valence-electron chi connectivity index (χ1n) is 7.82. The Balaban J connectivity index is 2.64. The van der Waals surface area contributed by atoms with Gasteiger partial charge in [-0.25, -0.2) is 0 Å². The van der Waals surface area contributed by atoms with Gasteiger partial charge in [0.25, 0.3) is 0 Å². The van der Waals surface area contributed by atoms with Gasteiger partial charge < -0.3 is 10.6 Å². The largest absolute Gasteiger partial charge is 0.352 e. The first kappa shape index (κ1) is 16.4. The number of carbonyl (C=O) groups is 1. The molecule has 0 aromatic rings. The van der Waals surface area contributed by atoms with Crippen LogP contribution in [0.3, 0.4) is 0 Å². The molecule has 19 heavy (non-hydrogen) atoms. The Morgan fingerprint density at radius 1 is 1.32 bits per heavy atom. The van der Waals surface area contributed by atoms with Crippen molar-refractivity contribution < 1.29 is 4.79 Å². The summed E-state index contributed by atoms with van der Waals surface area (Å²) in [6.07, 6.45) is 3.19. The van der Waals surface area contributed by atoms with Crippen LogP contribution < -0.4 is 10.6 Å². The minimum atomic E-state index is -0.0323. The van der Waals surface area contributed by atoms with Gasteiger partial charge in [0.05, 0.1) is 6.04 Å². The number of carbonyl (C=O) groups excluding carboxylic acids is 1. The van der Waals surface area contributed by atoms with Crippen LogP contribution in [0, 0.1) is 0 Å². The Labute approximate surface area is 118 Å². The van der Waals surface area contributed by atoms with Gasteiger partial charge in [0, 0.05) is 31.2 Å². The molecule has 2 N–H and O–H groups in total. The first-order chi connectivity index (χ1) is 9.03. The van der Waals surface area contributed by atoms with E-state index in [9.17, 15) is 4.79 Å². The summed E-state index contributed by atoms with van der Waals surface area (Å²) in [6.45, 7) is 12.6. The van der Waals surface area contributed by atoms with Gasteiger partial charge in [-0.05, 0) is 33.1 Å². The highest BCUT2D eigenvalue weighted by atomic mass is 16.2. The number of piperazine rings is 1. The van der Waals surface area contributed by atoms with Gasteiger partial charge in [-0.1, -0.05) is 20.8 Å². The monoisotopic (exact) mass is 269 g/mol. The summed E-state index contributed by atoms with van der Waals surface area (Å²) in [7, 11) is 0. The second kappa shape index (κ2) is 7.85. The third-order valence-corrected chi connectivity index (χ3v) is 4.38. The quantitative estimate of drug-likeness (QED) is 0.772. The zero-order chi connectivity index (χ0) is 14.4. The fourth-order valence-corrected chi connectivity index (χ4v) is 2.63. The zero-order valence-corrected chi connectivity index (χ0v) is 13.2. The normalized spacial score (nSPS) is 27.8. The molecule has 0 radical (unpaired) electrons. The van der Waals surface area contributed by atoms with Crippen molar-refractivity contribution in [1.29, 1.82) is 0 Å². The highest BCUT2D eigenvalue weighted by Crippen LogP contribution is 2.16. The molecule has 0 aromatic heterocycles. The van der Waals surface area contributed by atoms with Crippen molar-refractivity contribution in [3.8, 4) is 0 Å². The van der Waals surface area contributed by atoms with Crippen LogP contribution in [0.15, 0.2) is 0 Å². The zero-order valence-electron chi connectivity index (χ0n) is 13.2. The van der Waals surface area contributed by atoms with Gasteiger partial charge in [-0.2, -0.15) is 0 Å². The third kappa shape index (κ3) is 4.46. The van der Waals surface area contributed by atoms with E-state index >= 15 is 0 Å². The summed E-state index contributed by atoms with van der Waals surface area (Å²) < 4.78 is 0. The lowest BCUT2D eigenvalue weighted by Crippen LogP contribution is -2.61. The van der Waals surface area contributed by atoms with E-state index in [0.717, 1.165) is 32.4 Å². The SMILES string of the molecule is CCC(C)NC(=O)C(C)N1CC(CC)NCC1CC. The average molecular weight is 269 g/mol. The highest BCUT2D eigenvalue weighted by molar-refractivity contribution is 5.81. The molecular formula is C15H31N3O. The van der Waals surface area contributed by atoms with Gasteiger partial charge in [0.15, 0.2) is 0 Å². The number of amides is 1. The number of hydrogen-bond acceptors (Lipinski definition) is 3. The molecule has 1 amide bonds. The Morgan fingerprint density at radius 2 is 2.00 bits per heavy atom. The van der Waals surface area contributed by atoms with Crippen LogP contribution >= 0.6 is 0 Å². The van der Waals surface area contributed by atoms with Crippen molar-refractivity contribution in [2.24, 2.45) is 0 Å². The second-order valence-electron chi connectivity index (χ2n) is 5.77. The second-order valence-corrected chi connectivity index (χ2v) is 5.77. The maximum Gasteiger partial charge on any atom is 0.237 e. The molecule has 0 bridgehead atoms. The van der Waals surface area contributed by atoms with Crippen molar-refractivity contribution in [3.05, 3.63) is 0 Å². The molecule has 0 saturated carbocycles. The summed E-state index contributed by atoms with van der Waals surface area (Å²) in [6, 6.07) is 1.22. The van der Waals surface area contributed by atoms with Crippen molar-refractivity contribution in [2.45, 2.75) is 78.0 Å². The number of nitrogens with one attached hydrogen (secondary N) is 2. The van der Waals surface area contributed by atoms with Crippen molar-refractivity contribution in [3.63, 3.8) is 0 Å². The molecule has 4 atom stereocenters. The predicted molar refractivity (Wildman–Crippen MR) is 80.2 cm³/mol. The standard InChI is InChI=1S/C15H31N3O/c1-6-11(4)17-15(19)12(5)18-10-13(7-2)16-9-14(18)8-3/h11-14,16H,6-10H2,1-5H3,(H,17,19). The van der Waals surface area contributed by atoms with Gasteiger partial charge in [-0.15, -0.1) is 0 Å². The number of rotatable bonds is 6. The Hall–Kier alpha value is -0.610. The van der Waals surface area contributed by atoms with Crippen molar-refractivity contribution in [2.75, 3.05) is 13.1 Å². The van der Waals surface area contributed by atoms with Gasteiger partial charge in [0.2, 0.25) is 5.91 Å². The summed E-state index contributed by atoms with van der Waals surface area (Å²) in [5.41, 5.74) is 0. The smallest absolute Gasteiger partial charge is 0.237 e. The molecule has 1 aliphatic heterocycles. The molecule has 4 unspecified atom stereocenters. The van der Waals surface area contributed by atoms with Crippen LogP contribution in [0.1, 0.15) is 53.9 Å². The Bertz CT molecular complexity index is 283. The van der Waals surface area contributed by atoms with E-state index in [2.05, 4.69) is 43.2 Å². The molecule has 0 aliphatic carbocycles. The molecule has 0 spiro atoms. The topological polar surface area (TPSA) is 44.4 Å². The molecule has 1 saturated heterocycles. The minimum Gasteiger partial charge on any atom is -0.352 e. The lowest BCUT2D eigenvalue weighted by Gasteiger charge is -2.43. The molecule has 4 nitrogen and oxygen atoms in total. The van der Waals surface area contributed by atoms with Gasteiger partial charge >= 0.3 is 0 Å². The average Bonchev–Trinajstić information content (AvgIpc) is 2.45. The van der Waals surface area contributed by atoms with Gasteiger partial charge in [0.1, 0.15) is 0 Å². The van der Waals surface area contributed by atoms with E-state index in [1.807, 2.05) is 6.92 Å². The van der Waals surface area contributed by atoms with E-state index < -0.39 is 0 Å². The molecule has 4 heteroatoms. The minimum absolute atomic E-state index is 0.0323. The lowest BCUT2D eigenvalue weighted by molar-refractivity contribution is -0.128. The maximum atomic E-state index is 12.3. The fraction of sp³-hybridized carbons (Fsp3) is 0.933. The fourth-order valence-electron chi connectivity index (χ4n) is 2.63. The molecule has 1 aliphatic rings. The van der Waals surface area contributed by atoms with Gasteiger partial charge in [-0.3, -0.25) is 9.69 Å². The summed E-state index contributed by atoms with van der Waals surface area (Å²) in [5.74, 6) is 0.171. The van der Waals surface area contributed by atoms with Crippen LogP contribution in [-0.2, 0) is 4.79 Å². The Kier molecular flexibility index (Phi) is 6.80. The van der Waals surface area contributed by atoms with E-state index in [-0.39, 0.29) is 18.0 Å². The third-order valence-electron chi connectivity index (χ3n) is 4.38. The van der Waals surface area contributed by atoms with E-state index in [1.165, 1.54) is 0 Å². The molecule has 1 heterocycles. The molecule has 1 rings (SSSR count). The summed E-state index contributed by atoms with van der Waals surface area (Å²) >= 11 is 0. The van der Waals surface area contributed by atoms with Crippen LogP contribution in [0.25, 0.3) is 0 Å². The van der Waals surface area contributed by atoms with E-state index in [1.54, 1.807) is 0 Å². The van der Waals surface area contributed by atoms with E-state index in [4.69, 9.17) is 0 Å². The molecule has 0 aromatic carbocycles. The van der Waals surface area contributed by atoms with E-state index in [0.29, 0.717) is 12.1 Å². The molecular weight excluding hydrogens is 238 g/mol. The maximum absolute atomic E-state index is 12.3. The lowest BCUT2D eigenvalue weighted by atomic mass is 10.0. The van der Waals surface area contributed by atoms with Crippen LogP contribution in [0.4, 0.5) is 0 Å². The number of nitrogens with zero attached hydrogens (tertiary/aromatic N) is 1. The summed E-state index contributed by atoms with van der Waals surface area (Å²) in [5, 5.41) is 6.68. The molecule has 112 valence electrons. The van der Waals surface area contributed by atoms with Crippen molar-refractivity contribution in [1.82, 2.24) is 15.5 Å². The van der Waals surface area contributed by atoms with Crippen LogP contribution in [-0.4, -0.2) is 48.1 Å².